The van der Waals surface area contributed by atoms with Gasteiger partial charge in [-0.05, 0) is 55.8 Å². The molecule has 0 aliphatic heterocycles. The molecule has 1 aliphatic carbocycles. The first kappa shape index (κ1) is 22.4. The van der Waals surface area contributed by atoms with Crippen molar-refractivity contribution < 1.29 is 9.90 Å². The van der Waals surface area contributed by atoms with Gasteiger partial charge in [0, 0.05) is 38.7 Å². The zero-order valence-corrected chi connectivity index (χ0v) is 18.5. The molecular formula is C24H34N4O2. The van der Waals surface area contributed by atoms with E-state index in [4.69, 9.17) is 5.11 Å². The van der Waals surface area contributed by atoms with Gasteiger partial charge in [0.05, 0.1) is 6.61 Å². The molecule has 1 heterocycles. The standard InChI is InChI=1S/C24H34N4O2/c1-4-9-28(16-19-5-6-19)24-14-22(25-17-26-24)23(30)13-21-8-7-20(12-18(21)2)15-27(3)10-11-29/h7-8,12,14,17,19,29H,4-6,9-11,13,15-16H2,1-3H3. The van der Waals surface area contributed by atoms with E-state index in [1.807, 2.05) is 26.1 Å². The first-order valence-electron chi connectivity index (χ1n) is 11.0. The fourth-order valence-electron chi connectivity index (χ4n) is 3.73. The number of aromatic nitrogens is 2. The Morgan fingerprint density at radius 3 is 2.67 bits per heavy atom. The smallest absolute Gasteiger partial charge is 0.185 e. The van der Waals surface area contributed by atoms with Crippen LogP contribution in [-0.2, 0) is 13.0 Å². The van der Waals surface area contributed by atoms with E-state index >= 15 is 0 Å². The first-order chi connectivity index (χ1) is 14.5. The molecule has 2 aromatic rings. The fourth-order valence-corrected chi connectivity index (χ4v) is 3.73. The second kappa shape index (κ2) is 10.6. The molecule has 0 amide bonds. The van der Waals surface area contributed by atoms with Crippen LogP contribution in [0.25, 0.3) is 0 Å². The maximum Gasteiger partial charge on any atom is 0.185 e. The van der Waals surface area contributed by atoms with Crippen LogP contribution in [0.1, 0.15) is 53.4 Å². The van der Waals surface area contributed by atoms with Gasteiger partial charge in [-0.25, -0.2) is 9.97 Å². The number of aliphatic hydroxyl groups excluding tert-OH is 1. The summed E-state index contributed by atoms with van der Waals surface area (Å²) in [6.45, 7) is 7.75. The highest BCUT2D eigenvalue weighted by molar-refractivity contribution is 5.96. The van der Waals surface area contributed by atoms with E-state index in [1.54, 1.807) is 0 Å². The molecule has 0 bridgehead atoms. The average molecular weight is 411 g/mol. The van der Waals surface area contributed by atoms with E-state index in [-0.39, 0.29) is 12.4 Å². The Kier molecular flexibility index (Phi) is 7.94. The number of likely N-dealkylation sites (N-methyl/N-ethyl adjacent to an activating group) is 1. The molecule has 1 aromatic heterocycles. The van der Waals surface area contributed by atoms with Crippen LogP contribution in [0.4, 0.5) is 5.82 Å². The predicted octanol–water partition coefficient (Wildman–Crippen LogP) is 3.26. The molecule has 162 valence electrons. The maximum absolute atomic E-state index is 12.9. The number of nitrogens with zero attached hydrogens (tertiary/aromatic N) is 4. The number of benzene rings is 1. The number of Topliss-reactive ketones (excluding diaryl/α,β-unsaturated/α-hetero) is 1. The topological polar surface area (TPSA) is 69.6 Å². The molecule has 0 spiro atoms. The Morgan fingerprint density at radius 1 is 1.20 bits per heavy atom. The summed E-state index contributed by atoms with van der Waals surface area (Å²) in [5.41, 5.74) is 3.80. The van der Waals surface area contributed by atoms with E-state index in [0.717, 1.165) is 48.9 Å². The third-order valence-electron chi connectivity index (χ3n) is 5.62. The molecule has 6 nitrogen and oxygen atoms in total. The number of carbonyl (C=O) groups is 1. The second-order valence-electron chi connectivity index (χ2n) is 8.47. The van der Waals surface area contributed by atoms with Crippen LogP contribution in [0.5, 0.6) is 0 Å². The van der Waals surface area contributed by atoms with Crippen molar-refractivity contribution in [2.24, 2.45) is 5.92 Å². The van der Waals surface area contributed by atoms with Gasteiger partial charge in [0.15, 0.2) is 5.78 Å². The number of rotatable bonds is 12. The van der Waals surface area contributed by atoms with Crippen molar-refractivity contribution in [1.29, 1.82) is 0 Å². The number of hydrogen-bond donors (Lipinski definition) is 1. The molecule has 1 fully saturated rings. The summed E-state index contributed by atoms with van der Waals surface area (Å²) in [6.07, 6.45) is 5.50. The average Bonchev–Trinajstić information content (AvgIpc) is 3.54. The fraction of sp³-hybridized carbons (Fsp3) is 0.542. The lowest BCUT2D eigenvalue weighted by molar-refractivity contribution is 0.0988. The molecule has 1 aliphatic rings. The molecule has 0 unspecified atom stereocenters. The minimum absolute atomic E-state index is 0.0229. The van der Waals surface area contributed by atoms with Crippen molar-refractivity contribution in [3.05, 3.63) is 53.0 Å². The normalized spacial score (nSPS) is 13.6. The number of ketones is 1. The molecule has 30 heavy (non-hydrogen) atoms. The van der Waals surface area contributed by atoms with Crippen LogP contribution < -0.4 is 4.90 Å². The van der Waals surface area contributed by atoms with Crippen LogP contribution >= 0.6 is 0 Å². The van der Waals surface area contributed by atoms with Crippen molar-refractivity contribution in [3.63, 3.8) is 0 Å². The van der Waals surface area contributed by atoms with E-state index in [0.29, 0.717) is 18.7 Å². The van der Waals surface area contributed by atoms with Gasteiger partial charge in [-0.2, -0.15) is 0 Å². The largest absolute Gasteiger partial charge is 0.395 e. The van der Waals surface area contributed by atoms with Gasteiger partial charge in [0.25, 0.3) is 0 Å². The minimum Gasteiger partial charge on any atom is -0.395 e. The van der Waals surface area contributed by atoms with E-state index in [2.05, 4.69) is 38.8 Å². The van der Waals surface area contributed by atoms with E-state index < -0.39 is 0 Å². The highest BCUT2D eigenvalue weighted by Gasteiger charge is 2.25. The monoisotopic (exact) mass is 410 g/mol. The van der Waals surface area contributed by atoms with Crippen LogP contribution in [-0.4, -0.2) is 59.0 Å². The maximum atomic E-state index is 12.9. The van der Waals surface area contributed by atoms with Crippen LogP contribution in [0.15, 0.2) is 30.6 Å². The zero-order chi connectivity index (χ0) is 21.5. The zero-order valence-electron chi connectivity index (χ0n) is 18.5. The summed E-state index contributed by atoms with van der Waals surface area (Å²) >= 11 is 0. The second-order valence-corrected chi connectivity index (χ2v) is 8.47. The lowest BCUT2D eigenvalue weighted by atomic mass is 9.99. The Labute approximate surface area is 180 Å². The van der Waals surface area contributed by atoms with Crippen molar-refractivity contribution in [2.75, 3.05) is 38.2 Å². The van der Waals surface area contributed by atoms with Crippen molar-refractivity contribution in [2.45, 2.75) is 46.1 Å². The molecule has 1 aromatic carbocycles. The summed E-state index contributed by atoms with van der Waals surface area (Å²) in [4.78, 5) is 26.0. The van der Waals surface area contributed by atoms with Gasteiger partial charge >= 0.3 is 0 Å². The number of anilines is 1. The first-order valence-corrected chi connectivity index (χ1v) is 11.0. The van der Waals surface area contributed by atoms with Crippen LogP contribution in [0.3, 0.4) is 0 Å². The van der Waals surface area contributed by atoms with Gasteiger partial charge < -0.3 is 10.0 Å². The number of aliphatic hydroxyl groups is 1. The molecule has 0 atom stereocenters. The van der Waals surface area contributed by atoms with Crippen molar-refractivity contribution in [3.8, 4) is 0 Å². The summed E-state index contributed by atoms with van der Waals surface area (Å²) in [5, 5.41) is 9.06. The molecule has 1 saturated carbocycles. The van der Waals surface area contributed by atoms with Crippen molar-refractivity contribution >= 4 is 11.6 Å². The van der Waals surface area contributed by atoms with Crippen molar-refractivity contribution in [1.82, 2.24) is 14.9 Å². The predicted molar refractivity (Wildman–Crippen MR) is 120 cm³/mol. The SMILES string of the molecule is CCCN(CC1CC1)c1cc(C(=O)Cc2ccc(CN(C)CCO)cc2C)ncn1. The highest BCUT2D eigenvalue weighted by atomic mass is 16.3. The Balaban J connectivity index is 1.68. The quantitative estimate of drug-likeness (QED) is 0.542. The van der Waals surface area contributed by atoms with Gasteiger partial charge in [0.1, 0.15) is 17.8 Å². The molecule has 1 N–H and O–H groups in total. The van der Waals surface area contributed by atoms with Gasteiger partial charge in [-0.15, -0.1) is 0 Å². The number of hydrogen-bond acceptors (Lipinski definition) is 6. The van der Waals surface area contributed by atoms with Gasteiger partial charge in [-0.3, -0.25) is 9.69 Å². The summed E-state index contributed by atoms with van der Waals surface area (Å²) in [6, 6.07) is 8.08. The molecule has 3 rings (SSSR count). The Bertz CT molecular complexity index is 851. The third-order valence-corrected chi connectivity index (χ3v) is 5.62. The van der Waals surface area contributed by atoms with Crippen LogP contribution in [0, 0.1) is 12.8 Å². The van der Waals surface area contributed by atoms with Crippen LogP contribution in [0.2, 0.25) is 0 Å². The van der Waals surface area contributed by atoms with Gasteiger partial charge in [0.2, 0.25) is 0 Å². The van der Waals surface area contributed by atoms with E-state index in [1.165, 1.54) is 24.7 Å². The minimum atomic E-state index is 0.0229. The molecule has 6 heteroatoms. The Morgan fingerprint density at radius 2 is 2.00 bits per heavy atom. The highest BCUT2D eigenvalue weighted by Crippen LogP contribution is 2.31. The molecule has 0 radical (unpaired) electrons. The van der Waals surface area contributed by atoms with Gasteiger partial charge in [-0.1, -0.05) is 25.1 Å². The summed E-state index contributed by atoms with van der Waals surface area (Å²) < 4.78 is 0. The number of carbonyl (C=O) groups excluding carboxylic acids is 1. The molecular weight excluding hydrogens is 376 g/mol. The summed E-state index contributed by atoms with van der Waals surface area (Å²) in [7, 11) is 1.99. The summed E-state index contributed by atoms with van der Waals surface area (Å²) in [5.74, 6) is 1.65. The third kappa shape index (κ3) is 6.34. The number of aryl methyl sites for hydroxylation is 1. The Hall–Kier alpha value is -2.31. The lowest BCUT2D eigenvalue weighted by Gasteiger charge is -2.23. The van der Waals surface area contributed by atoms with E-state index in [9.17, 15) is 4.79 Å². The lowest BCUT2D eigenvalue weighted by Crippen LogP contribution is -2.27. The molecule has 0 saturated heterocycles.